The Kier molecular flexibility index (Phi) is 6.19. The highest BCUT2D eigenvalue weighted by Gasteiger charge is 2.18. The standard InChI is InChI=1S/C20H27N3OS/c1-3-23-18-12-8-7-11-17(18)22-20(23)25-15(2)19(24)21-14-13-16-9-5-4-6-10-16/h7-9,11-12,15H,3-6,10,13-14H2,1-2H3,(H,21,24). The molecule has 1 amide bonds. The second kappa shape index (κ2) is 8.56. The second-order valence-electron chi connectivity index (χ2n) is 6.54. The Labute approximate surface area is 154 Å². The van der Waals surface area contributed by atoms with Crippen LogP contribution in [0.3, 0.4) is 0 Å². The largest absolute Gasteiger partial charge is 0.355 e. The van der Waals surface area contributed by atoms with Crippen molar-refractivity contribution >= 4 is 28.7 Å². The number of benzene rings is 1. The van der Waals surface area contributed by atoms with Gasteiger partial charge < -0.3 is 9.88 Å². The van der Waals surface area contributed by atoms with Crippen LogP contribution in [0, 0.1) is 0 Å². The molecule has 5 heteroatoms. The predicted molar refractivity (Wildman–Crippen MR) is 105 cm³/mol. The summed E-state index contributed by atoms with van der Waals surface area (Å²) in [6.45, 7) is 5.66. The van der Waals surface area contributed by atoms with E-state index in [9.17, 15) is 4.79 Å². The molecule has 3 rings (SSSR count). The lowest BCUT2D eigenvalue weighted by Crippen LogP contribution is -2.32. The van der Waals surface area contributed by atoms with Gasteiger partial charge in [-0.2, -0.15) is 0 Å². The van der Waals surface area contributed by atoms with E-state index in [2.05, 4.69) is 29.0 Å². The van der Waals surface area contributed by atoms with E-state index in [1.165, 1.54) is 43.0 Å². The Morgan fingerprint density at radius 2 is 2.20 bits per heavy atom. The lowest BCUT2D eigenvalue weighted by Gasteiger charge is -2.15. The minimum atomic E-state index is -0.151. The number of carbonyl (C=O) groups excluding carboxylic acids is 1. The molecule has 0 saturated heterocycles. The van der Waals surface area contributed by atoms with Gasteiger partial charge >= 0.3 is 0 Å². The molecule has 0 bridgehead atoms. The van der Waals surface area contributed by atoms with Crippen LogP contribution in [0.5, 0.6) is 0 Å². The quantitative estimate of drug-likeness (QED) is 0.584. The van der Waals surface area contributed by atoms with Crippen LogP contribution in [-0.4, -0.2) is 27.3 Å². The molecule has 4 nitrogen and oxygen atoms in total. The molecule has 0 radical (unpaired) electrons. The highest BCUT2D eigenvalue weighted by molar-refractivity contribution is 8.00. The monoisotopic (exact) mass is 357 g/mol. The average molecular weight is 358 g/mol. The zero-order chi connectivity index (χ0) is 17.6. The molecule has 0 spiro atoms. The number of hydrogen-bond donors (Lipinski definition) is 1. The topological polar surface area (TPSA) is 46.9 Å². The molecule has 1 unspecified atom stereocenters. The average Bonchev–Trinajstić information content (AvgIpc) is 2.99. The highest BCUT2D eigenvalue weighted by Crippen LogP contribution is 2.27. The number of amides is 1. The first-order valence-corrected chi connectivity index (χ1v) is 10.1. The summed E-state index contributed by atoms with van der Waals surface area (Å²) < 4.78 is 2.18. The molecule has 25 heavy (non-hydrogen) atoms. The van der Waals surface area contributed by atoms with E-state index in [0.29, 0.717) is 0 Å². The fourth-order valence-corrected chi connectivity index (χ4v) is 4.29. The molecule has 1 aromatic carbocycles. The van der Waals surface area contributed by atoms with Gasteiger partial charge in [-0.1, -0.05) is 35.5 Å². The van der Waals surface area contributed by atoms with Crippen LogP contribution in [0.4, 0.5) is 0 Å². The third-order valence-electron chi connectivity index (χ3n) is 4.72. The summed E-state index contributed by atoms with van der Waals surface area (Å²) >= 11 is 1.54. The van der Waals surface area contributed by atoms with Crippen molar-refractivity contribution < 1.29 is 4.79 Å². The van der Waals surface area contributed by atoms with Gasteiger partial charge in [0.2, 0.25) is 5.91 Å². The molecule has 2 aromatic rings. The van der Waals surface area contributed by atoms with Gasteiger partial charge in [-0.3, -0.25) is 4.79 Å². The molecule has 1 N–H and O–H groups in total. The number of thioether (sulfide) groups is 1. The van der Waals surface area contributed by atoms with Crippen LogP contribution in [0.2, 0.25) is 0 Å². The van der Waals surface area contributed by atoms with E-state index in [1.54, 1.807) is 0 Å². The Bertz CT molecular complexity index is 765. The Morgan fingerprint density at radius 1 is 1.36 bits per heavy atom. The number of nitrogens with one attached hydrogen (secondary N) is 1. The number of carbonyl (C=O) groups is 1. The molecule has 0 aliphatic heterocycles. The van der Waals surface area contributed by atoms with Gasteiger partial charge in [0.05, 0.1) is 16.3 Å². The highest BCUT2D eigenvalue weighted by atomic mass is 32.2. The Morgan fingerprint density at radius 3 is 2.96 bits per heavy atom. The van der Waals surface area contributed by atoms with Crippen LogP contribution < -0.4 is 5.32 Å². The molecule has 1 aliphatic rings. The number of allylic oxidation sites excluding steroid dienone is 1. The Hall–Kier alpha value is -1.75. The number of rotatable bonds is 7. The van der Waals surface area contributed by atoms with E-state index < -0.39 is 0 Å². The summed E-state index contributed by atoms with van der Waals surface area (Å²) in [6, 6.07) is 8.13. The van der Waals surface area contributed by atoms with Gasteiger partial charge in [0.25, 0.3) is 0 Å². The molecular weight excluding hydrogens is 330 g/mol. The first-order valence-electron chi connectivity index (χ1n) is 9.26. The number of fused-ring (bicyclic) bond motifs is 1. The van der Waals surface area contributed by atoms with Crippen molar-refractivity contribution in [3.8, 4) is 0 Å². The van der Waals surface area contributed by atoms with Crippen LogP contribution in [0.15, 0.2) is 41.1 Å². The lowest BCUT2D eigenvalue weighted by molar-refractivity contribution is -0.120. The maximum atomic E-state index is 12.4. The first kappa shape index (κ1) is 18.1. The first-order chi connectivity index (χ1) is 12.2. The zero-order valence-corrected chi connectivity index (χ0v) is 15.9. The predicted octanol–water partition coefficient (Wildman–Crippen LogP) is 4.54. The number of imidazole rings is 1. The van der Waals surface area contributed by atoms with Crippen molar-refractivity contribution in [2.24, 2.45) is 0 Å². The number of nitrogens with zero attached hydrogens (tertiary/aromatic N) is 2. The van der Waals surface area contributed by atoms with E-state index in [1.807, 2.05) is 25.1 Å². The SMILES string of the molecule is CCn1c(SC(C)C(=O)NCCC2=CCCCC2)nc2ccccc21. The van der Waals surface area contributed by atoms with E-state index >= 15 is 0 Å². The van der Waals surface area contributed by atoms with E-state index in [-0.39, 0.29) is 11.2 Å². The third-order valence-corrected chi connectivity index (χ3v) is 5.81. The Balaban J connectivity index is 1.57. The molecule has 1 aliphatic carbocycles. The summed E-state index contributed by atoms with van der Waals surface area (Å²) in [6.07, 6.45) is 8.32. The van der Waals surface area contributed by atoms with Gasteiger partial charge in [0, 0.05) is 13.1 Å². The molecular formula is C20H27N3OS. The minimum absolute atomic E-state index is 0.0936. The second-order valence-corrected chi connectivity index (χ2v) is 7.84. The molecule has 1 heterocycles. The summed E-state index contributed by atoms with van der Waals surface area (Å²) in [7, 11) is 0. The van der Waals surface area contributed by atoms with E-state index in [4.69, 9.17) is 4.98 Å². The van der Waals surface area contributed by atoms with Crippen molar-refractivity contribution in [1.29, 1.82) is 0 Å². The van der Waals surface area contributed by atoms with Gasteiger partial charge in [-0.25, -0.2) is 4.98 Å². The van der Waals surface area contributed by atoms with Crippen molar-refractivity contribution in [1.82, 2.24) is 14.9 Å². The van der Waals surface area contributed by atoms with Gasteiger partial charge in [-0.15, -0.1) is 0 Å². The number of aryl methyl sites for hydroxylation is 1. The fourth-order valence-electron chi connectivity index (χ4n) is 3.28. The van der Waals surface area contributed by atoms with Crippen molar-refractivity contribution in [3.63, 3.8) is 0 Å². The van der Waals surface area contributed by atoms with Crippen molar-refractivity contribution in [2.45, 2.75) is 62.9 Å². The molecule has 134 valence electrons. The molecule has 0 fully saturated rings. The van der Waals surface area contributed by atoms with Crippen LogP contribution >= 0.6 is 11.8 Å². The summed E-state index contributed by atoms with van der Waals surface area (Å²) in [4.78, 5) is 17.1. The van der Waals surface area contributed by atoms with Crippen LogP contribution in [0.1, 0.15) is 46.0 Å². The number of para-hydroxylation sites is 2. The van der Waals surface area contributed by atoms with Crippen molar-refractivity contribution in [2.75, 3.05) is 6.54 Å². The molecule has 1 atom stereocenters. The smallest absolute Gasteiger partial charge is 0.233 e. The lowest BCUT2D eigenvalue weighted by atomic mass is 9.97. The number of aromatic nitrogens is 2. The van der Waals surface area contributed by atoms with Gasteiger partial charge in [0.1, 0.15) is 0 Å². The van der Waals surface area contributed by atoms with Gasteiger partial charge in [0.15, 0.2) is 5.16 Å². The van der Waals surface area contributed by atoms with Crippen LogP contribution in [0.25, 0.3) is 11.0 Å². The van der Waals surface area contributed by atoms with Crippen molar-refractivity contribution in [3.05, 3.63) is 35.9 Å². The van der Waals surface area contributed by atoms with Gasteiger partial charge in [-0.05, 0) is 58.1 Å². The molecule has 1 aromatic heterocycles. The summed E-state index contributed by atoms with van der Waals surface area (Å²) in [5.74, 6) is 0.0936. The third kappa shape index (κ3) is 4.46. The van der Waals surface area contributed by atoms with Crippen LogP contribution in [-0.2, 0) is 11.3 Å². The molecule has 0 saturated carbocycles. The maximum Gasteiger partial charge on any atom is 0.233 e. The zero-order valence-electron chi connectivity index (χ0n) is 15.1. The summed E-state index contributed by atoms with van der Waals surface area (Å²) in [5.41, 5.74) is 3.62. The summed E-state index contributed by atoms with van der Waals surface area (Å²) in [5, 5.41) is 3.85. The normalized spacial score (nSPS) is 15.8. The fraction of sp³-hybridized carbons (Fsp3) is 0.500. The number of hydrogen-bond acceptors (Lipinski definition) is 3. The maximum absolute atomic E-state index is 12.4. The van der Waals surface area contributed by atoms with E-state index in [0.717, 1.165) is 35.7 Å². The minimum Gasteiger partial charge on any atom is -0.355 e.